The number of hydrogen-bond donors (Lipinski definition) is 1. The molecule has 0 aliphatic rings. The van der Waals surface area contributed by atoms with E-state index in [0.29, 0.717) is 29.4 Å². The number of aliphatic hydroxyl groups is 1. The van der Waals surface area contributed by atoms with E-state index in [1.807, 2.05) is 13.8 Å². The van der Waals surface area contributed by atoms with Gasteiger partial charge in [-0.15, -0.1) is 0 Å². The number of hydrogen-bond acceptors (Lipinski definition) is 4. The Morgan fingerprint density at radius 3 is 1.55 bits per heavy atom. The Labute approximate surface area is 121 Å². The molecule has 0 spiro atoms. The molecular formula is C16H26O4. The first-order valence-corrected chi connectivity index (χ1v) is 6.86. The third-order valence-electron chi connectivity index (χ3n) is 3.49. The summed E-state index contributed by atoms with van der Waals surface area (Å²) in [7, 11) is 4.82. The summed E-state index contributed by atoms with van der Waals surface area (Å²) in [5, 5.41) is 10.5. The molecule has 1 N–H and O–H groups in total. The second kappa shape index (κ2) is 6.84. The van der Waals surface area contributed by atoms with Crippen molar-refractivity contribution in [2.75, 3.05) is 21.3 Å². The highest BCUT2D eigenvalue weighted by atomic mass is 16.5. The molecule has 114 valence electrons. The number of methoxy groups -OCH3 is 3. The van der Waals surface area contributed by atoms with Gasteiger partial charge in [-0.25, -0.2) is 0 Å². The quantitative estimate of drug-likeness (QED) is 0.868. The van der Waals surface area contributed by atoms with Gasteiger partial charge in [0.1, 0.15) is 17.2 Å². The van der Waals surface area contributed by atoms with E-state index >= 15 is 0 Å². The lowest BCUT2D eigenvalue weighted by atomic mass is 9.93. The Morgan fingerprint density at radius 2 is 1.25 bits per heavy atom. The summed E-state index contributed by atoms with van der Waals surface area (Å²) in [6.45, 7) is 8.00. The van der Waals surface area contributed by atoms with E-state index in [0.717, 1.165) is 16.9 Å². The zero-order valence-corrected chi connectivity index (χ0v) is 13.5. The summed E-state index contributed by atoms with van der Waals surface area (Å²) in [4.78, 5) is 0. The third kappa shape index (κ3) is 3.01. The first-order chi connectivity index (χ1) is 9.38. The van der Waals surface area contributed by atoms with Gasteiger partial charge in [0.05, 0.1) is 33.0 Å². The summed E-state index contributed by atoms with van der Waals surface area (Å²) >= 11 is 0. The van der Waals surface area contributed by atoms with Crippen LogP contribution >= 0.6 is 0 Å². The Kier molecular flexibility index (Phi) is 5.69. The second-order valence-electron chi connectivity index (χ2n) is 5.41. The van der Waals surface area contributed by atoms with Crippen molar-refractivity contribution in [2.45, 2.75) is 40.2 Å². The van der Waals surface area contributed by atoms with Gasteiger partial charge in [-0.05, 0) is 26.2 Å². The van der Waals surface area contributed by atoms with E-state index in [1.54, 1.807) is 21.3 Å². The molecule has 0 aromatic heterocycles. The molecule has 0 saturated carbocycles. The number of benzene rings is 1. The molecule has 20 heavy (non-hydrogen) atoms. The number of ether oxygens (including phenoxy) is 3. The van der Waals surface area contributed by atoms with Gasteiger partial charge in [0, 0.05) is 11.1 Å². The highest BCUT2D eigenvalue weighted by molar-refractivity contribution is 5.62. The Bertz CT molecular complexity index is 435. The monoisotopic (exact) mass is 282 g/mol. The maximum Gasteiger partial charge on any atom is 0.135 e. The van der Waals surface area contributed by atoms with Gasteiger partial charge in [-0.2, -0.15) is 0 Å². The smallest absolute Gasteiger partial charge is 0.135 e. The van der Waals surface area contributed by atoms with Crippen LogP contribution in [0.2, 0.25) is 0 Å². The molecule has 0 heterocycles. The van der Waals surface area contributed by atoms with Crippen LogP contribution in [0, 0.1) is 19.8 Å². The van der Waals surface area contributed by atoms with Crippen molar-refractivity contribution >= 4 is 0 Å². The average molecular weight is 282 g/mol. The first-order valence-electron chi connectivity index (χ1n) is 6.86. The second-order valence-corrected chi connectivity index (χ2v) is 5.41. The van der Waals surface area contributed by atoms with Crippen molar-refractivity contribution in [3.8, 4) is 17.2 Å². The van der Waals surface area contributed by atoms with Gasteiger partial charge >= 0.3 is 0 Å². The van der Waals surface area contributed by atoms with E-state index < -0.39 is 6.10 Å². The lowest BCUT2D eigenvalue weighted by molar-refractivity contribution is 0.143. The van der Waals surface area contributed by atoms with E-state index in [-0.39, 0.29) is 0 Å². The topological polar surface area (TPSA) is 47.9 Å². The van der Waals surface area contributed by atoms with Crippen LogP contribution in [0.1, 0.15) is 43.1 Å². The van der Waals surface area contributed by atoms with Gasteiger partial charge < -0.3 is 19.3 Å². The standard InChI is InChI=1S/C16H26O4/c1-9(2)8-12(17)13-15(19-6)10(3)14(18-5)11(4)16(13)20-7/h9,12,17H,8H2,1-7H3. The molecule has 1 aromatic rings. The summed E-state index contributed by atoms with van der Waals surface area (Å²) in [5.74, 6) is 2.39. The number of rotatable bonds is 6. The molecule has 1 aromatic carbocycles. The maximum absolute atomic E-state index is 10.5. The van der Waals surface area contributed by atoms with Crippen molar-refractivity contribution in [1.29, 1.82) is 0 Å². The molecule has 1 unspecified atom stereocenters. The van der Waals surface area contributed by atoms with Gasteiger partial charge in [0.15, 0.2) is 0 Å². The minimum absolute atomic E-state index is 0.377. The fraction of sp³-hybridized carbons (Fsp3) is 0.625. The Morgan fingerprint density at radius 1 is 0.850 bits per heavy atom. The van der Waals surface area contributed by atoms with Crippen LogP contribution in [-0.2, 0) is 0 Å². The van der Waals surface area contributed by atoms with Crippen molar-refractivity contribution in [2.24, 2.45) is 5.92 Å². The summed E-state index contributed by atoms with van der Waals surface area (Å²) in [6, 6.07) is 0. The van der Waals surface area contributed by atoms with Crippen LogP contribution in [0.5, 0.6) is 17.2 Å². The molecule has 1 atom stereocenters. The summed E-state index contributed by atoms with van der Waals surface area (Å²) in [5.41, 5.74) is 2.47. The third-order valence-corrected chi connectivity index (χ3v) is 3.49. The molecule has 0 aliphatic heterocycles. The molecule has 0 bridgehead atoms. The van der Waals surface area contributed by atoms with E-state index in [2.05, 4.69) is 13.8 Å². The highest BCUT2D eigenvalue weighted by Gasteiger charge is 2.26. The molecule has 1 rings (SSSR count). The predicted octanol–water partition coefficient (Wildman–Crippen LogP) is 3.41. The van der Waals surface area contributed by atoms with Crippen molar-refractivity contribution < 1.29 is 19.3 Å². The maximum atomic E-state index is 10.5. The normalized spacial score (nSPS) is 12.4. The molecule has 0 aliphatic carbocycles. The average Bonchev–Trinajstić information content (AvgIpc) is 2.37. The minimum Gasteiger partial charge on any atom is -0.496 e. The van der Waals surface area contributed by atoms with Crippen LogP contribution in [-0.4, -0.2) is 26.4 Å². The van der Waals surface area contributed by atoms with Crippen molar-refractivity contribution in [3.63, 3.8) is 0 Å². The SMILES string of the molecule is COc1c(C)c(OC)c(C(O)CC(C)C)c(OC)c1C. The molecular weight excluding hydrogens is 256 g/mol. The zero-order valence-electron chi connectivity index (χ0n) is 13.5. The Balaban J connectivity index is 3.55. The molecule has 0 fully saturated rings. The van der Waals surface area contributed by atoms with Crippen molar-refractivity contribution in [3.05, 3.63) is 16.7 Å². The van der Waals surface area contributed by atoms with Gasteiger partial charge in [0.25, 0.3) is 0 Å². The van der Waals surface area contributed by atoms with Gasteiger partial charge in [0.2, 0.25) is 0 Å². The van der Waals surface area contributed by atoms with Crippen LogP contribution in [0.15, 0.2) is 0 Å². The zero-order chi connectivity index (χ0) is 15.4. The molecule has 0 amide bonds. The first kappa shape index (κ1) is 16.6. The predicted molar refractivity (Wildman–Crippen MR) is 80.0 cm³/mol. The molecule has 4 nitrogen and oxygen atoms in total. The number of aliphatic hydroxyl groups excluding tert-OH is 1. The summed E-state index contributed by atoms with van der Waals surface area (Å²) < 4.78 is 16.4. The summed E-state index contributed by atoms with van der Waals surface area (Å²) in [6.07, 6.45) is 0.0287. The van der Waals surface area contributed by atoms with E-state index in [9.17, 15) is 5.11 Å². The minimum atomic E-state index is -0.622. The van der Waals surface area contributed by atoms with E-state index in [1.165, 1.54) is 0 Å². The lowest BCUT2D eigenvalue weighted by Crippen LogP contribution is -2.10. The van der Waals surface area contributed by atoms with Crippen LogP contribution in [0.3, 0.4) is 0 Å². The molecule has 0 saturated heterocycles. The van der Waals surface area contributed by atoms with Gasteiger partial charge in [-0.3, -0.25) is 0 Å². The molecule has 0 radical (unpaired) electrons. The fourth-order valence-electron chi connectivity index (χ4n) is 2.69. The molecule has 4 heteroatoms. The largest absolute Gasteiger partial charge is 0.496 e. The van der Waals surface area contributed by atoms with Crippen LogP contribution < -0.4 is 14.2 Å². The Hall–Kier alpha value is -1.42. The highest BCUT2D eigenvalue weighted by Crippen LogP contribution is 2.46. The van der Waals surface area contributed by atoms with Gasteiger partial charge in [-0.1, -0.05) is 13.8 Å². The fourth-order valence-corrected chi connectivity index (χ4v) is 2.69. The van der Waals surface area contributed by atoms with Crippen molar-refractivity contribution in [1.82, 2.24) is 0 Å². The lowest BCUT2D eigenvalue weighted by Gasteiger charge is -2.24. The van der Waals surface area contributed by atoms with Crippen LogP contribution in [0.4, 0.5) is 0 Å². The van der Waals surface area contributed by atoms with E-state index in [4.69, 9.17) is 14.2 Å². The van der Waals surface area contributed by atoms with Crippen LogP contribution in [0.25, 0.3) is 0 Å².